The van der Waals surface area contributed by atoms with Crippen LogP contribution < -0.4 is 4.90 Å². The Morgan fingerprint density at radius 3 is 2.52 bits per heavy atom. The summed E-state index contributed by atoms with van der Waals surface area (Å²) in [6.07, 6.45) is 1.62. The van der Waals surface area contributed by atoms with Crippen LogP contribution in [0.4, 0.5) is 10.5 Å². The molecule has 2 aromatic carbocycles. The van der Waals surface area contributed by atoms with E-state index in [-0.39, 0.29) is 18.2 Å². The normalized spacial score (nSPS) is 17.2. The van der Waals surface area contributed by atoms with E-state index in [1.807, 2.05) is 55.5 Å². The second-order valence-electron chi connectivity index (χ2n) is 6.76. The number of anilines is 1. The molecular weight excluding hydrogens is 342 g/mol. The molecule has 1 saturated heterocycles. The second kappa shape index (κ2) is 6.39. The molecule has 27 heavy (non-hydrogen) atoms. The summed E-state index contributed by atoms with van der Waals surface area (Å²) in [4.78, 5) is 43.8. The highest BCUT2D eigenvalue weighted by molar-refractivity contribution is 6.18. The van der Waals surface area contributed by atoms with Crippen molar-refractivity contribution >= 4 is 34.3 Å². The van der Waals surface area contributed by atoms with Gasteiger partial charge in [-0.05, 0) is 32.0 Å². The number of nitrogens with zero attached hydrogens (tertiary/aromatic N) is 2. The third kappa shape index (κ3) is 2.79. The summed E-state index contributed by atoms with van der Waals surface area (Å²) in [5, 5.41) is 0.782. The molecule has 3 amide bonds. The quantitative estimate of drug-likeness (QED) is 0.571. The molecule has 3 aromatic rings. The van der Waals surface area contributed by atoms with Crippen molar-refractivity contribution in [3.63, 3.8) is 0 Å². The highest BCUT2D eigenvalue weighted by Gasteiger charge is 2.44. The van der Waals surface area contributed by atoms with E-state index >= 15 is 0 Å². The van der Waals surface area contributed by atoms with E-state index in [4.69, 9.17) is 0 Å². The summed E-state index contributed by atoms with van der Waals surface area (Å²) < 4.78 is 0. The minimum atomic E-state index is -0.643. The molecule has 1 atom stereocenters. The van der Waals surface area contributed by atoms with Crippen LogP contribution in [-0.2, 0) is 4.79 Å². The number of ketones is 1. The smallest absolute Gasteiger partial charge is 0.332 e. The number of imide groups is 1. The zero-order valence-corrected chi connectivity index (χ0v) is 15.1. The number of hydrogen-bond donors (Lipinski definition) is 1. The van der Waals surface area contributed by atoms with Gasteiger partial charge in [-0.2, -0.15) is 0 Å². The van der Waals surface area contributed by atoms with Crippen molar-refractivity contribution < 1.29 is 14.4 Å². The minimum absolute atomic E-state index is 0.271. The first-order valence-corrected chi connectivity index (χ1v) is 8.78. The Labute approximate surface area is 156 Å². The van der Waals surface area contributed by atoms with Crippen LogP contribution in [0.25, 0.3) is 10.9 Å². The molecule has 0 saturated carbocycles. The number of carbonyl (C=O) groups is 3. The molecule has 6 nitrogen and oxygen atoms in total. The zero-order chi connectivity index (χ0) is 19.1. The van der Waals surface area contributed by atoms with Crippen LogP contribution in [0.2, 0.25) is 0 Å². The molecule has 2 heterocycles. The maximum absolute atomic E-state index is 12.9. The average Bonchev–Trinajstić information content (AvgIpc) is 3.18. The number of carbonyl (C=O) groups excluding carboxylic acids is 3. The predicted octanol–water partition coefficient (Wildman–Crippen LogP) is 3.52. The Kier molecular flexibility index (Phi) is 4.03. The summed E-state index contributed by atoms with van der Waals surface area (Å²) in [5.74, 6) is -0.638. The summed E-state index contributed by atoms with van der Waals surface area (Å²) in [5.41, 5.74) is 3.03. The summed E-state index contributed by atoms with van der Waals surface area (Å²) >= 11 is 0. The van der Waals surface area contributed by atoms with Crippen molar-refractivity contribution in [2.45, 2.75) is 19.9 Å². The molecule has 0 bridgehead atoms. The van der Waals surface area contributed by atoms with Crippen molar-refractivity contribution in [3.8, 4) is 0 Å². The fourth-order valence-electron chi connectivity index (χ4n) is 3.44. The Bertz CT molecular complexity index is 1050. The molecule has 1 aliphatic heterocycles. The summed E-state index contributed by atoms with van der Waals surface area (Å²) in [7, 11) is 0. The lowest BCUT2D eigenvalue weighted by Crippen LogP contribution is -2.37. The van der Waals surface area contributed by atoms with Crippen LogP contribution in [0.5, 0.6) is 0 Å². The summed E-state index contributed by atoms with van der Waals surface area (Å²) in [6, 6.07) is 13.7. The van der Waals surface area contributed by atoms with E-state index in [1.54, 1.807) is 13.1 Å². The van der Waals surface area contributed by atoms with Crippen LogP contribution in [-0.4, -0.2) is 40.2 Å². The van der Waals surface area contributed by atoms with Crippen LogP contribution in [0.15, 0.2) is 54.7 Å². The number of Topliss-reactive ketones (excluding diaryl/α,β-unsaturated/α-hetero) is 1. The summed E-state index contributed by atoms with van der Waals surface area (Å²) in [6.45, 7) is 3.36. The Morgan fingerprint density at radius 2 is 1.78 bits per heavy atom. The number of H-pyrrole nitrogens is 1. The predicted molar refractivity (Wildman–Crippen MR) is 103 cm³/mol. The maximum Gasteiger partial charge on any atom is 0.332 e. The second-order valence-corrected chi connectivity index (χ2v) is 6.76. The molecule has 0 radical (unpaired) electrons. The maximum atomic E-state index is 12.9. The van der Waals surface area contributed by atoms with Crippen molar-refractivity contribution in [1.29, 1.82) is 0 Å². The number of benzene rings is 2. The number of para-hydroxylation sites is 1. The van der Waals surface area contributed by atoms with E-state index in [2.05, 4.69) is 4.98 Å². The van der Waals surface area contributed by atoms with Crippen LogP contribution >= 0.6 is 0 Å². The van der Waals surface area contributed by atoms with Crippen LogP contribution in [0.1, 0.15) is 22.8 Å². The largest absolute Gasteiger partial charge is 0.360 e. The third-order valence-electron chi connectivity index (χ3n) is 4.95. The van der Waals surface area contributed by atoms with Gasteiger partial charge in [-0.25, -0.2) is 4.79 Å². The molecule has 1 N–H and O–H groups in total. The molecule has 136 valence electrons. The van der Waals surface area contributed by atoms with Crippen molar-refractivity contribution in [1.82, 2.24) is 9.88 Å². The van der Waals surface area contributed by atoms with E-state index < -0.39 is 12.1 Å². The third-order valence-corrected chi connectivity index (χ3v) is 4.95. The first kappa shape index (κ1) is 17.0. The highest BCUT2D eigenvalue weighted by atomic mass is 16.2. The SMILES string of the molecule is Cc1ccc(N2C(=O)N(CC(=O)c3c[nH]c4ccccc34)C(=O)[C@H]2C)cc1. The fourth-order valence-corrected chi connectivity index (χ4v) is 3.44. The van der Waals surface area contributed by atoms with Crippen molar-refractivity contribution in [2.75, 3.05) is 11.4 Å². The van der Waals surface area contributed by atoms with Gasteiger partial charge in [0.1, 0.15) is 6.04 Å². The highest BCUT2D eigenvalue weighted by Crippen LogP contribution is 2.27. The number of nitrogens with one attached hydrogen (secondary N) is 1. The Hall–Kier alpha value is -3.41. The number of rotatable bonds is 4. The number of urea groups is 1. The van der Waals surface area contributed by atoms with E-state index in [9.17, 15) is 14.4 Å². The molecule has 1 fully saturated rings. The van der Waals surface area contributed by atoms with Gasteiger partial charge in [0.05, 0.1) is 6.54 Å². The molecule has 1 aromatic heterocycles. The van der Waals surface area contributed by atoms with E-state index in [0.717, 1.165) is 21.4 Å². The standard InChI is InChI=1S/C21H19N3O3/c1-13-7-9-15(10-8-13)24-14(2)20(26)23(21(24)27)12-19(25)17-11-22-18-6-4-3-5-16(17)18/h3-11,14,22H,12H2,1-2H3/t14-/m1/s1. The number of aromatic amines is 1. The monoisotopic (exact) mass is 361 g/mol. The number of fused-ring (bicyclic) bond motifs is 1. The molecule has 0 unspecified atom stereocenters. The lowest BCUT2D eigenvalue weighted by Gasteiger charge is -2.19. The van der Waals surface area contributed by atoms with Gasteiger partial charge in [-0.15, -0.1) is 0 Å². The molecule has 0 spiro atoms. The number of amides is 3. The van der Waals surface area contributed by atoms with Gasteiger partial charge in [0.2, 0.25) is 0 Å². The van der Waals surface area contributed by atoms with E-state index in [0.29, 0.717) is 11.3 Å². The molecule has 4 rings (SSSR count). The molecule has 0 aliphatic carbocycles. The molecular formula is C21H19N3O3. The molecule has 6 heteroatoms. The number of aromatic nitrogens is 1. The molecule has 1 aliphatic rings. The van der Waals surface area contributed by atoms with Gasteiger partial charge in [0.25, 0.3) is 5.91 Å². The zero-order valence-electron chi connectivity index (χ0n) is 15.1. The van der Waals surface area contributed by atoms with Gasteiger partial charge in [0.15, 0.2) is 5.78 Å². The van der Waals surface area contributed by atoms with Crippen molar-refractivity contribution in [2.24, 2.45) is 0 Å². The fraction of sp³-hybridized carbons (Fsp3) is 0.190. The number of aryl methyl sites for hydroxylation is 1. The van der Waals surface area contributed by atoms with Crippen LogP contribution in [0.3, 0.4) is 0 Å². The van der Waals surface area contributed by atoms with Gasteiger partial charge in [0, 0.05) is 28.4 Å². The van der Waals surface area contributed by atoms with E-state index in [1.165, 1.54) is 4.90 Å². The Morgan fingerprint density at radius 1 is 1.07 bits per heavy atom. The lowest BCUT2D eigenvalue weighted by atomic mass is 10.1. The van der Waals surface area contributed by atoms with Gasteiger partial charge >= 0.3 is 6.03 Å². The first-order valence-electron chi connectivity index (χ1n) is 8.78. The van der Waals surface area contributed by atoms with Gasteiger partial charge < -0.3 is 4.98 Å². The van der Waals surface area contributed by atoms with Gasteiger partial charge in [-0.3, -0.25) is 19.4 Å². The number of hydrogen-bond acceptors (Lipinski definition) is 3. The van der Waals surface area contributed by atoms with Crippen LogP contribution in [0, 0.1) is 6.92 Å². The van der Waals surface area contributed by atoms with Crippen molar-refractivity contribution in [3.05, 3.63) is 65.9 Å². The Balaban J connectivity index is 1.60. The minimum Gasteiger partial charge on any atom is -0.360 e. The lowest BCUT2D eigenvalue weighted by molar-refractivity contribution is -0.126. The van der Waals surface area contributed by atoms with Gasteiger partial charge in [-0.1, -0.05) is 35.9 Å². The average molecular weight is 361 g/mol. The first-order chi connectivity index (χ1) is 13.0. The topological polar surface area (TPSA) is 73.5 Å².